The van der Waals surface area contributed by atoms with Crippen LogP contribution in [0.3, 0.4) is 0 Å². The van der Waals surface area contributed by atoms with Gasteiger partial charge in [-0.3, -0.25) is 4.79 Å². The summed E-state index contributed by atoms with van der Waals surface area (Å²) in [6.45, 7) is 1.99. The number of ether oxygens (including phenoxy) is 3. The van der Waals surface area contributed by atoms with Crippen molar-refractivity contribution in [3.8, 4) is 17.2 Å². The largest absolute Gasteiger partial charge is 0.493 e. The third-order valence-corrected chi connectivity index (χ3v) is 7.94. The molecule has 1 heterocycles. The van der Waals surface area contributed by atoms with Crippen LogP contribution in [0.25, 0.3) is 0 Å². The van der Waals surface area contributed by atoms with Gasteiger partial charge < -0.3 is 19.5 Å². The fourth-order valence-electron chi connectivity index (χ4n) is 4.20. The highest BCUT2D eigenvalue weighted by Gasteiger charge is 2.39. The van der Waals surface area contributed by atoms with Gasteiger partial charge in [-0.15, -0.1) is 0 Å². The van der Waals surface area contributed by atoms with Gasteiger partial charge in [0.15, 0.2) is 11.5 Å². The number of benzene rings is 3. The van der Waals surface area contributed by atoms with E-state index in [4.69, 9.17) is 14.2 Å². The second-order valence-corrected chi connectivity index (χ2v) is 10.1. The molecule has 184 valence electrons. The molecule has 4 rings (SSSR count). The van der Waals surface area contributed by atoms with E-state index in [-0.39, 0.29) is 17.9 Å². The lowest BCUT2D eigenvalue weighted by atomic mass is 9.95. The summed E-state index contributed by atoms with van der Waals surface area (Å²) in [5, 5.41) is 2.85. The number of anilines is 1. The van der Waals surface area contributed by atoms with Crippen LogP contribution in [0.4, 0.5) is 5.69 Å². The van der Waals surface area contributed by atoms with Gasteiger partial charge in [0, 0.05) is 24.4 Å². The first-order valence-corrected chi connectivity index (χ1v) is 12.5. The minimum atomic E-state index is -3.94. The van der Waals surface area contributed by atoms with E-state index >= 15 is 0 Å². The van der Waals surface area contributed by atoms with Crippen molar-refractivity contribution in [1.29, 1.82) is 0 Å². The number of fused-ring (bicyclic) bond motifs is 1. The molecule has 1 aliphatic rings. The Kier molecular flexibility index (Phi) is 7.00. The molecule has 1 amide bonds. The average Bonchev–Trinajstić information content (AvgIpc) is 2.87. The third kappa shape index (κ3) is 4.82. The number of carbonyl (C=O) groups is 1. The molecular weight excluding hydrogens is 468 g/mol. The molecule has 0 fully saturated rings. The van der Waals surface area contributed by atoms with Crippen molar-refractivity contribution in [2.45, 2.75) is 30.8 Å². The molecule has 35 heavy (non-hydrogen) atoms. The predicted molar refractivity (Wildman–Crippen MR) is 133 cm³/mol. The predicted octanol–water partition coefficient (Wildman–Crippen LogP) is 3.78. The molecular formula is C26H28N2O6S. The maximum absolute atomic E-state index is 13.6. The van der Waals surface area contributed by atoms with Gasteiger partial charge in [-0.05, 0) is 36.6 Å². The number of sulfonamides is 1. The fraction of sp³-hybridized carbons (Fsp3) is 0.269. The number of rotatable bonds is 7. The van der Waals surface area contributed by atoms with E-state index in [2.05, 4.69) is 5.32 Å². The number of nitrogens with zero attached hydrogens (tertiary/aromatic N) is 1. The molecule has 1 atom stereocenters. The van der Waals surface area contributed by atoms with E-state index < -0.39 is 22.0 Å². The Morgan fingerprint density at radius 2 is 1.51 bits per heavy atom. The molecule has 0 saturated heterocycles. The van der Waals surface area contributed by atoms with E-state index in [1.54, 1.807) is 36.4 Å². The molecule has 0 unspecified atom stereocenters. The van der Waals surface area contributed by atoms with Gasteiger partial charge in [-0.1, -0.05) is 42.0 Å². The van der Waals surface area contributed by atoms with Crippen molar-refractivity contribution >= 4 is 21.6 Å². The first-order valence-electron chi connectivity index (χ1n) is 11.0. The quantitative estimate of drug-likeness (QED) is 0.535. The van der Waals surface area contributed by atoms with Crippen molar-refractivity contribution in [2.24, 2.45) is 0 Å². The highest BCUT2D eigenvalue weighted by Crippen LogP contribution is 2.40. The van der Waals surface area contributed by atoms with Crippen molar-refractivity contribution in [3.05, 3.63) is 77.4 Å². The zero-order valence-corrected chi connectivity index (χ0v) is 20.9. The van der Waals surface area contributed by atoms with E-state index in [1.807, 2.05) is 31.2 Å². The van der Waals surface area contributed by atoms with Crippen LogP contribution in [0.1, 0.15) is 16.7 Å². The van der Waals surface area contributed by atoms with Crippen molar-refractivity contribution < 1.29 is 27.4 Å². The van der Waals surface area contributed by atoms with Gasteiger partial charge in [0.2, 0.25) is 21.7 Å². The van der Waals surface area contributed by atoms with Crippen molar-refractivity contribution in [2.75, 3.05) is 26.6 Å². The molecule has 0 radical (unpaired) electrons. The molecule has 3 aromatic carbocycles. The molecule has 0 bridgehead atoms. The van der Waals surface area contributed by atoms with E-state index in [1.165, 1.54) is 25.6 Å². The Morgan fingerprint density at radius 1 is 0.914 bits per heavy atom. The fourth-order valence-corrected chi connectivity index (χ4v) is 5.76. The Labute approximate surface area is 205 Å². The minimum absolute atomic E-state index is 0.0969. The summed E-state index contributed by atoms with van der Waals surface area (Å²) in [6.07, 6.45) is 0.248. The summed E-state index contributed by atoms with van der Waals surface area (Å²) in [5.41, 5.74) is 3.16. The van der Waals surface area contributed by atoms with Gasteiger partial charge in [0.1, 0.15) is 6.04 Å². The molecule has 0 spiro atoms. The van der Waals surface area contributed by atoms with Gasteiger partial charge in [-0.25, -0.2) is 8.42 Å². The summed E-state index contributed by atoms with van der Waals surface area (Å²) in [7, 11) is 0.517. The van der Waals surface area contributed by atoms with Crippen LogP contribution in [0.2, 0.25) is 0 Å². The minimum Gasteiger partial charge on any atom is -0.493 e. The number of carbonyl (C=O) groups excluding carboxylic acids is 1. The number of nitrogens with one attached hydrogen (secondary N) is 1. The van der Waals surface area contributed by atoms with E-state index in [9.17, 15) is 13.2 Å². The summed E-state index contributed by atoms with van der Waals surface area (Å²) in [5.74, 6) is 0.688. The molecule has 0 aliphatic carbocycles. The number of amides is 1. The second-order valence-electron chi connectivity index (χ2n) is 8.26. The van der Waals surface area contributed by atoms with Crippen LogP contribution in [-0.2, 0) is 27.8 Å². The first-order chi connectivity index (χ1) is 16.8. The maximum atomic E-state index is 13.6. The summed E-state index contributed by atoms with van der Waals surface area (Å²) >= 11 is 0. The molecule has 1 aliphatic heterocycles. The first kappa shape index (κ1) is 24.6. The van der Waals surface area contributed by atoms with Crippen molar-refractivity contribution in [3.63, 3.8) is 0 Å². The van der Waals surface area contributed by atoms with Crippen LogP contribution < -0.4 is 19.5 Å². The third-order valence-electron chi connectivity index (χ3n) is 6.07. The molecule has 0 aromatic heterocycles. The smallest absolute Gasteiger partial charge is 0.244 e. The standard InChI is InChI=1S/C26H28N2O6S/c1-17-9-11-21(12-10-17)35(30,31)28-16-19-8-6-5-7-18(19)13-22(28)26(29)27-20-14-23(32-2)25(34-4)24(15-20)33-3/h5-12,14-15,22H,13,16H2,1-4H3,(H,27,29)/t22-/m0/s1. The maximum Gasteiger partial charge on any atom is 0.244 e. The lowest BCUT2D eigenvalue weighted by molar-refractivity contribution is -0.120. The molecule has 8 nitrogen and oxygen atoms in total. The van der Waals surface area contributed by atoms with Crippen molar-refractivity contribution in [1.82, 2.24) is 4.31 Å². The number of methoxy groups -OCH3 is 3. The van der Waals surface area contributed by atoms with Gasteiger partial charge in [0.25, 0.3) is 0 Å². The Bertz CT molecular complexity index is 1310. The summed E-state index contributed by atoms with van der Waals surface area (Å²) in [6, 6.07) is 16.5. The number of aryl methyl sites for hydroxylation is 1. The van der Waals surface area contributed by atoms with E-state index in [0.29, 0.717) is 22.9 Å². The zero-order chi connectivity index (χ0) is 25.2. The number of hydrogen-bond acceptors (Lipinski definition) is 6. The summed E-state index contributed by atoms with van der Waals surface area (Å²) < 4.78 is 44.7. The molecule has 1 N–H and O–H groups in total. The van der Waals surface area contributed by atoms with Gasteiger partial charge >= 0.3 is 0 Å². The zero-order valence-electron chi connectivity index (χ0n) is 20.1. The second kappa shape index (κ2) is 9.97. The molecule has 3 aromatic rings. The average molecular weight is 497 g/mol. The lowest BCUT2D eigenvalue weighted by Crippen LogP contribution is -2.50. The van der Waals surface area contributed by atoms with Crippen LogP contribution in [0.5, 0.6) is 17.2 Å². The monoisotopic (exact) mass is 496 g/mol. The van der Waals surface area contributed by atoms with Crippen LogP contribution in [0.15, 0.2) is 65.6 Å². The topological polar surface area (TPSA) is 94.2 Å². The van der Waals surface area contributed by atoms with Gasteiger partial charge in [0.05, 0.1) is 26.2 Å². The van der Waals surface area contributed by atoms with Crippen LogP contribution >= 0.6 is 0 Å². The Hall–Kier alpha value is -3.56. The summed E-state index contributed by atoms with van der Waals surface area (Å²) in [4.78, 5) is 13.7. The molecule has 0 saturated carbocycles. The Morgan fingerprint density at radius 3 is 2.09 bits per heavy atom. The SMILES string of the molecule is COc1cc(NC(=O)[C@@H]2Cc3ccccc3CN2S(=O)(=O)c2ccc(C)cc2)cc(OC)c1OC. The highest BCUT2D eigenvalue weighted by atomic mass is 32.2. The Balaban J connectivity index is 1.71. The normalized spacial score (nSPS) is 15.7. The molecule has 9 heteroatoms. The van der Waals surface area contributed by atoms with E-state index in [0.717, 1.165) is 16.7 Å². The van der Waals surface area contributed by atoms with Crippen LogP contribution in [0, 0.1) is 6.92 Å². The van der Waals surface area contributed by atoms with Gasteiger partial charge in [-0.2, -0.15) is 4.31 Å². The number of hydrogen-bond donors (Lipinski definition) is 1. The lowest BCUT2D eigenvalue weighted by Gasteiger charge is -2.35. The highest BCUT2D eigenvalue weighted by molar-refractivity contribution is 7.89. The van der Waals surface area contributed by atoms with Crippen LogP contribution in [-0.4, -0.2) is 46.0 Å².